The van der Waals surface area contributed by atoms with Crippen LogP contribution in [0.5, 0.6) is 0 Å². The van der Waals surface area contributed by atoms with Crippen LogP contribution in [-0.4, -0.2) is 29.1 Å². The maximum atomic E-state index is 13.7. The van der Waals surface area contributed by atoms with Crippen molar-refractivity contribution in [3.05, 3.63) is 35.6 Å². The summed E-state index contributed by atoms with van der Waals surface area (Å²) in [6, 6.07) is 6.71. The van der Waals surface area contributed by atoms with Crippen LogP contribution in [0.2, 0.25) is 0 Å². The van der Waals surface area contributed by atoms with Gasteiger partial charge in [-0.3, -0.25) is 9.69 Å². The minimum absolute atomic E-state index is 0.0741. The molecule has 2 atom stereocenters. The molecule has 0 aromatic heterocycles. The lowest BCUT2D eigenvalue weighted by molar-refractivity contribution is -0.137. The molecule has 0 aliphatic carbocycles. The zero-order valence-electron chi connectivity index (χ0n) is 11.1. The van der Waals surface area contributed by atoms with E-state index < -0.39 is 5.97 Å². The van der Waals surface area contributed by atoms with E-state index in [1.54, 1.807) is 12.1 Å². The number of carboxylic acids is 1. The Labute approximate surface area is 107 Å². The third kappa shape index (κ3) is 3.81. The number of rotatable bonds is 6. The van der Waals surface area contributed by atoms with E-state index in [-0.39, 0.29) is 24.3 Å². The van der Waals surface area contributed by atoms with Gasteiger partial charge in [0.2, 0.25) is 0 Å². The molecule has 0 saturated carbocycles. The van der Waals surface area contributed by atoms with Gasteiger partial charge in [0.15, 0.2) is 0 Å². The Morgan fingerprint density at radius 1 is 1.39 bits per heavy atom. The van der Waals surface area contributed by atoms with E-state index in [0.717, 1.165) is 0 Å². The highest BCUT2D eigenvalue weighted by Crippen LogP contribution is 2.24. The fraction of sp³-hybridized carbons (Fsp3) is 0.500. The molecule has 0 aliphatic heterocycles. The molecule has 3 nitrogen and oxygen atoms in total. The van der Waals surface area contributed by atoms with E-state index in [4.69, 9.17) is 5.11 Å². The van der Waals surface area contributed by atoms with Gasteiger partial charge >= 0.3 is 5.97 Å². The van der Waals surface area contributed by atoms with Crippen molar-refractivity contribution in [2.75, 3.05) is 7.05 Å². The van der Waals surface area contributed by atoms with Gasteiger partial charge in [-0.05, 0) is 33.4 Å². The van der Waals surface area contributed by atoms with Gasteiger partial charge in [0.25, 0.3) is 0 Å². The Balaban J connectivity index is 2.68. The van der Waals surface area contributed by atoms with Gasteiger partial charge in [0.05, 0.1) is 0 Å². The fourth-order valence-corrected chi connectivity index (χ4v) is 1.95. The number of carboxylic acid groups (broad SMARTS) is 1. The Hall–Kier alpha value is -1.42. The average Bonchev–Trinajstić information content (AvgIpc) is 2.34. The Kier molecular flexibility index (Phi) is 5.28. The molecule has 4 heteroatoms. The molecule has 0 aliphatic rings. The molecule has 0 fully saturated rings. The molecule has 1 N–H and O–H groups in total. The van der Waals surface area contributed by atoms with Crippen LogP contribution in [0.4, 0.5) is 4.39 Å². The van der Waals surface area contributed by atoms with Crippen molar-refractivity contribution in [3.63, 3.8) is 0 Å². The Morgan fingerprint density at radius 2 is 2.00 bits per heavy atom. The molecule has 1 rings (SSSR count). The van der Waals surface area contributed by atoms with Gasteiger partial charge in [0.1, 0.15) is 5.82 Å². The summed E-state index contributed by atoms with van der Waals surface area (Å²) in [5.41, 5.74) is 0.641. The highest BCUT2D eigenvalue weighted by Gasteiger charge is 2.20. The SMILES string of the molecule is CC(CCC(=O)O)N(C)C(C)c1ccccc1F. The fourth-order valence-electron chi connectivity index (χ4n) is 1.95. The van der Waals surface area contributed by atoms with Crippen LogP contribution in [-0.2, 0) is 4.79 Å². The first-order valence-electron chi connectivity index (χ1n) is 6.11. The summed E-state index contributed by atoms with van der Waals surface area (Å²) in [6.45, 7) is 3.88. The van der Waals surface area contributed by atoms with Crippen LogP contribution in [0, 0.1) is 5.82 Å². The lowest BCUT2D eigenvalue weighted by Crippen LogP contribution is -2.32. The summed E-state index contributed by atoms with van der Waals surface area (Å²) in [6.07, 6.45) is 0.695. The van der Waals surface area contributed by atoms with Crippen molar-refractivity contribution in [1.29, 1.82) is 0 Å². The molecule has 100 valence electrons. The smallest absolute Gasteiger partial charge is 0.303 e. The van der Waals surface area contributed by atoms with Crippen LogP contribution in [0.1, 0.15) is 38.3 Å². The summed E-state index contributed by atoms with van der Waals surface area (Å²) in [5.74, 6) is -1.02. The second kappa shape index (κ2) is 6.50. The van der Waals surface area contributed by atoms with Crippen molar-refractivity contribution in [1.82, 2.24) is 4.90 Å². The van der Waals surface area contributed by atoms with E-state index in [9.17, 15) is 9.18 Å². The van der Waals surface area contributed by atoms with Gasteiger partial charge in [-0.2, -0.15) is 0 Å². The van der Waals surface area contributed by atoms with Crippen LogP contribution in [0.15, 0.2) is 24.3 Å². The first-order valence-corrected chi connectivity index (χ1v) is 6.11. The summed E-state index contributed by atoms with van der Waals surface area (Å²) >= 11 is 0. The second-order valence-corrected chi connectivity index (χ2v) is 4.64. The van der Waals surface area contributed by atoms with Crippen LogP contribution in [0.25, 0.3) is 0 Å². The first-order chi connectivity index (χ1) is 8.43. The number of halogens is 1. The monoisotopic (exact) mass is 253 g/mol. The largest absolute Gasteiger partial charge is 0.481 e. The van der Waals surface area contributed by atoms with E-state index in [2.05, 4.69) is 0 Å². The molecule has 1 aromatic carbocycles. The standard InChI is InChI=1S/C14H20FNO2/c1-10(8-9-14(17)18)16(3)11(2)12-6-4-5-7-13(12)15/h4-7,10-11H,8-9H2,1-3H3,(H,17,18). The van der Waals surface area contributed by atoms with Gasteiger partial charge in [-0.1, -0.05) is 18.2 Å². The predicted molar refractivity (Wildman–Crippen MR) is 68.9 cm³/mol. The molecule has 0 bridgehead atoms. The molecular weight excluding hydrogens is 233 g/mol. The number of hydrogen-bond acceptors (Lipinski definition) is 2. The van der Waals surface area contributed by atoms with E-state index >= 15 is 0 Å². The summed E-state index contributed by atoms with van der Waals surface area (Å²) in [4.78, 5) is 12.5. The van der Waals surface area contributed by atoms with Gasteiger partial charge in [0, 0.05) is 24.1 Å². The summed E-state index contributed by atoms with van der Waals surface area (Å²) in [7, 11) is 1.89. The zero-order chi connectivity index (χ0) is 13.7. The topological polar surface area (TPSA) is 40.5 Å². The van der Waals surface area contributed by atoms with Crippen molar-refractivity contribution < 1.29 is 14.3 Å². The second-order valence-electron chi connectivity index (χ2n) is 4.64. The van der Waals surface area contributed by atoms with E-state index in [0.29, 0.717) is 12.0 Å². The van der Waals surface area contributed by atoms with Gasteiger partial charge in [-0.25, -0.2) is 4.39 Å². The van der Waals surface area contributed by atoms with Crippen molar-refractivity contribution in [2.24, 2.45) is 0 Å². The zero-order valence-corrected chi connectivity index (χ0v) is 11.1. The molecule has 0 heterocycles. The lowest BCUT2D eigenvalue weighted by Gasteiger charge is -2.31. The van der Waals surface area contributed by atoms with Gasteiger partial charge in [-0.15, -0.1) is 0 Å². The Bertz CT molecular complexity index is 409. The van der Waals surface area contributed by atoms with E-state index in [1.807, 2.05) is 31.9 Å². The molecule has 0 saturated heterocycles. The van der Waals surface area contributed by atoms with Crippen LogP contribution in [0.3, 0.4) is 0 Å². The van der Waals surface area contributed by atoms with Gasteiger partial charge < -0.3 is 5.11 Å². The van der Waals surface area contributed by atoms with Crippen molar-refractivity contribution >= 4 is 5.97 Å². The summed E-state index contributed by atoms with van der Waals surface area (Å²) in [5, 5.41) is 8.67. The average molecular weight is 253 g/mol. The maximum absolute atomic E-state index is 13.7. The van der Waals surface area contributed by atoms with Crippen molar-refractivity contribution in [3.8, 4) is 0 Å². The third-order valence-corrected chi connectivity index (χ3v) is 3.44. The van der Waals surface area contributed by atoms with E-state index in [1.165, 1.54) is 6.07 Å². The minimum Gasteiger partial charge on any atom is -0.481 e. The van der Waals surface area contributed by atoms with Crippen LogP contribution < -0.4 is 0 Å². The van der Waals surface area contributed by atoms with Crippen LogP contribution >= 0.6 is 0 Å². The Morgan fingerprint density at radius 3 is 2.56 bits per heavy atom. The number of carbonyl (C=O) groups is 1. The third-order valence-electron chi connectivity index (χ3n) is 3.44. The van der Waals surface area contributed by atoms with Crippen molar-refractivity contribution in [2.45, 2.75) is 38.8 Å². The highest BCUT2D eigenvalue weighted by atomic mass is 19.1. The number of aliphatic carboxylic acids is 1. The quantitative estimate of drug-likeness (QED) is 0.847. The molecule has 0 amide bonds. The molecule has 18 heavy (non-hydrogen) atoms. The molecular formula is C14H20FNO2. The first kappa shape index (κ1) is 14.6. The highest BCUT2D eigenvalue weighted by molar-refractivity contribution is 5.66. The molecule has 0 radical (unpaired) electrons. The minimum atomic E-state index is -0.797. The number of hydrogen-bond donors (Lipinski definition) is 1. The number of benzene rings is 1. The number of nitrogens with zero attached hydrogens (tertiary/aromatic N) is 1. The normalized spacial score (nSPS) is 14.5. The lowest BCUT2D eigenvalue weighted by atomic mass is 10.0. The molecule has 1 aromatic rings. The molecule has 2 unspecified atom stereocenters. The maximum Gasteiger partial charge on any atom is 0.303 e. The summed E-state index contributed by atoms with van der Waals surface area (Å²) < 4.78 is 13.7. The molecule has 0 spiro atoms. The predicted octanol–water partition coefficient (Wildman–Crippen LogP) is 3.07.